The Morgan fingerprint density at radius 2 is 1.59 bits per heavy atom. The summed E-state index contributed by atoms with van der Waals surface area (Å²) in [4.78, 5) is 26.2. The quantitative estimate of drug-likeness (QED) is 0.592. The molecule has 0 spiro atoms. The molecule has 1 aromatic heterocycles. The van der Waals surface area contributed by atoms with Gasteiger partial charge in [-0.1, -0.05) is 42.5 Å². The van der Waals surface area contributed by atoms with Crippen molar-refractivity contribution in [2.45, 2.75) is 32.6 Å². The predicted molar refractivity (Wildman–Crippen MR) is 104 cm³/mol. The lowest BCUT2D eigenvalue weighted by Gasteiger charge is -2.19. The van der Waals surface area contributed by atoms with Crippen LogP contribution in [0.2, 0.25) is 0 Å². The van der Waals surface area contributed by atoms with Gasteiger partial charge in [-0.05, 0) is 19.9 Å². The fourth-order valence-electron chi connectivity index (χ4n) is 3.67. The second-order valence-electron chi connectivity index (χ2n) is 7.10. The number of aliphatic hydroxyl groups excluding tert-OH is 1. The molecule has 27 heavy (non-hydrogen) atoms. The highest BCUT2D eigenvalue weighted by Gasteiger charge is 2.32. The van der Waals surface area contributed by atoms with E-state index in [-0.39, 0.29) is 30.6 Å². The lowest BCUT2D eigenvalue weighted by Crippen LogP contribution is -2.31. The Balaban J connectivity index is 1.94. The highest BCUT2D eigenvalue weighted by atomic mass is 16.5. The molecule has 1 aliphatic carbocycles. The number of ether oxygens (including phenoxy) is 1. The van der Waals surface area contributed by atoms with Crippen LogP contribution in [-0.2, 0) is 11.3 Å². The van der Waals surface area contributed by atoms with Crippen LogP contribution in [0.3, 0.4) is 0 Å². The third kappa shape index (κ3) is 2.89. The zero-order valence-corrected chi connectivity index (χ0v) is 15.3. The fraction of sp³-hybridized carbons (Fsp3) is 0.273. The number of hydrogen-bond acceptors (Lipinski definition) is 4. The molecule has 0 radical (unpaired) electrons. The van der Waals surface area contributed by atoms with Crippen LogP contribution >= 0.6 is 0 Å². The summed E-state index contributed by atoms with van der Waals surface area (Å²) in [5, 5.41) is 11.6. The van der Waals surface area contributed by atoms with Crippen molar-refractivity contribution in [3.63, 3.8) is 0 Å². The van der Waals surface area contributed by atoms with Gasteiger partial charge in [0.25, 0.3) is 5.56 Å². The monoisotopic (exact) mass is 363 g/mol. The second-order valence-corrected chi connectivity index (χ2v) is 7.10. The normalized spacial score (nSPS) is 13.9. The average molecular weight is 363 g/mol. The highest BCUT2D eigenvalue weighted by molar-refractivity contribution is 6.26. The van der Waals surface area contributed by atoms with E-state index in [4.69, 9.17) is 4.74 Å². The molecule has 2 aromatic carbocycles. The number of fused-ring (bicyclic) bond motifs is 5. The number of carbonyl (C=O) groups excluding carboxylic acids is 1. The van der Waals surface area contributed by atoms with Gasteiger partial charge in [-0.25, -0.2) is 0 Å². The Morgan fingerprint density at radius 3 is 2.30 bits per heavy atom. The van der Waals surface area contributed by atoms with Crippen LogP contribution in [0.25, 0.3) is 22.0 Å². The minimum atomic E-state index is -0.849. The Bertz CT molecular complexity index is 1100. The summed E-state index contributed by atoms with van der Waals surface area (Å²) in [6.45, 7) is 3.98. The molecular formula is C22H21NO4. The van der Waals surface area contributed by atoms with Gasteiger partial charge in [-0.2, -0.15) is 0 Å². The van der Waals surface area contributed by atoms with Crippen LogP contribution in [0.15, 0.2) is 53.3 Å². The Morgan fingerprint density at radius 1 is 0.963 bits per heavy atom. The molecule has 138 valence electrons. The standard InChI is InChI=1S/C22H21NO4/c1-13(2)27-12-14(24)11-23-20-16-8-4-5-9-17(16)21(25)19(20)15-7-3-6-10-18(15)22(23)26/h3-10,13-14,24H,11-12H2,1-2H3/t14-/m1/s1. The summed E-state index contributed by atoms with van der Waals surface area (Å²) in [5.41, 5.74) is 2.23. The van der Waals surface area contributed by atoms with E-state index in [1.165, 1.54) is 4.57 Å². The summed E-state index contributed by atoms with van der Waals surface area (Å²) in [6, 6.07) is 14.4. The zero-order chi connectivity index (χ0) is 19.1. The number of benzene rings is 2. The summed E-state index contributed by atoms with van der Waals surface area (Å²) in [6.07, 6.45) is -0.862. The third-order valence-electron chi connectivity index (χ3n) is 4.85. The van der Waals surface area contributed by atoms with Crippen molar-refractivity contribution in [3.05, 3.63) is 70.0 Å². The van der Waals surface area contributed by atoms with Crippen molar-refractivity contribution in [1.82, 2.24) is 4.57 Å². The maximum absolute atomic E-state index is 13.2. The Labute approximate surface area is 156 Å². The fourth-order valence-corrected chi connectivity index (χ4v) is 3.67. The number of rotatable bonds is 5. The molecule has 4 rings (SSSR count). The topological polar surface area (TPSA) is 68.5 Å². The number of pyridine rings is 1. The molecule has 0 bridgehead atoms. The van der Waals surface area contributed by atoms with Crippen LogP contribution < -0.4 is 5.56 Å². The van der Waals surface area contributed by atoms with Gasteiger partial charge in [0, 0.05) is 21.9 Å². The molecule has 5 nitrogen and oxygen atoms in total. The van der Waals surface area contributed by atoms with E-state index in [0.717, 1.165) is 5.56 Å². The maximum Gasteiger partial charge on any atom is 0.259 e. The van der Waals surface area contributed by atoms with E-state index in [0.29, 0.717) is 27.6 Å². The lowest BCUT2D eigenvalue weighted by molar-refractivity contribution is -0.000833. The van der Waals surface area contributed by atoms with Crippen molar-refractivity contribution in [3.8, 4) is 11.3 Å². The third-order valence-corrected chi connectivity index (χ3v) is 4.85. The first-order valence-electron chi connectivity index (χ1n) is 9.08. The number of nitrogens with zero attached hydrogens (tertiary/aromatic N) is 1. The highest BCUT2D eigenvalue weighted by Crippen LogP contribution is 2.39. The van der Waals surface area contributed by atoms with Crippen molar-refractivity contribution in [1.29, 1.82) is 0 Å². The smallest absolute Gasteiger partial charge is 0.259 e. The van der Waals surface area contributed by atoms with E-state index in [1.807, 2.05) is 44.2 Å². The van der Waals surface area contributed by atoms with Crippen molar-refractivity contribution in [2.75, 3.05) is 6.61 Å². The summed E-state index contributed by atoms with van der Waals surface area (Å²) in [5.74, 6) is -0.0847. The molecule has 3 aromatic rings. The van der Waals surface area contributed by atoms with Crippen LogP contribution in [0.5, 0.6) is 0 Å². The first-order chi connectivity index (χ1) is 13.0. The number of ketones is 1. The molecule has 0 fully saturated rings. The van der Waals surface area contributed by atoms with Gasteiger partial charge < -0.3 is 14.4 Å². The maximum atomic E-state index is 13.2. The van der Waals surface area contributed by atoms with Gasteiger partial charge in [0.15, 0.2) is 5.78 Å². The Kier molecular flexibility index (Phi) is 4.42. The molecule has 0 saturated heterocycles. The Hall–Kier alpha value is -2.76. The summed E-state index contributed by atoms with van der Waals surface area (Å²) < 4.78 is 7.00. The molecule has 0 saturated carbocycles. The zero-order valence-electron chi connectivity index (χ0n) is 15.3. The van der Waals surface area contributed by atoms with E-state index in [2.05, 4.69) is 0 Å². The van der Waals surface area contributed by atoms with Crippen molar-refractivity contribution < 1.29 is 14.6 Å². The first-order valence-corrected chi connectivity index (χ1v) is 9.08. The molecule has 0 amide bonds. The molecule has 5 heteroatoms. The molecule has 1 heterocycles. The SMILES string of the molecule is CC(C)OC[C@H](O)Cn1c2c(c3ccccc3c1=O)C(=O)c1ccccc1-2. The van der Waals surface area contributed by atoms with E-state index in [9.17, 15) is 14.7 Å². The van der Waals surface area contributed by atoms with Crippen molar-refractivity contribution in [2.24, 2.45) is 0 Å². The van der Waals surface area contributed by atoms with E-state index < -0.39 is 6.10 Å². The van der Waals surface area contributed by atoms with Crippen LogP contribution in [0, 0.1) is 0 Å². The van der Waals surface area contributed by atoms with Crippen molar-refractivity contribution >= 4 is 16.6 Å². The van der Waals surface area contributed by atoms with Gasteiger partial charge in [-0.3, -0.25) is 9.59 Å². The van der Waals surface area contributed by atoms with Gasteiger partial charge in [0.05, 0.1) is 36.6 Å². The summed E-state index contributed by atoms with van der Waals surface area (Å²) >= 11 is 0. The van der Waals surface area contributed by atoms with Gasteiger partial charge in [0.2, 0.25) is 0 Å². The van der Waals surface area contributed by atoms with Gasteiger partial charge in [-0.15, -0.1) is 0 Å². The number of hydrogen-bond donors (Lipinski definition) is 1. The molecule has 1 aliphatic rings. The van der Waals surface area contributed by atoms with E-state index >= 15 is 0 Å². The van der Waals surface area contributed by atoms with Crippen LogP contribution in [0.1, 0.15) is 29.8 Å². The molecule has 0 aliphatic heterocycles. The van der Waals surface area contributed by atoms with E-state index in [1.54, 1.807) is 18.2 Å². The van der Waals surface area contributed by atoms with Gasteiger partial charge in [0.1, 0.15) is 0 Å². The predicted octanol–water partition coefficient (Wildman–Crippen LogP) is 3.00. The lowest BCUT2D eigenvalue weighted by atomic mass is 10.0. The minimum Gasteiger partial charge on any atom is -0.389 e. The van der Waals surface area contributed by atoms with Crippen LogP contribution in [0.4, 0.5) is 0 Å². The average Bonchev–Trinajstić information content (AvgIpc) is 2.97. The first kappa shape index (κ1) is 17.6. The second kappa shape index (κ2) is 6.76. The number of carbonyl (C=O) groups is 1. The molecule has 1 atom stereocenters. The number of aromatic nitrogens is 1. The van der Waals surface area contributed by atoms with Crippen LogP contribution in [-0.4, -0.2) is 34.3 Å². The van der Waals surface area contributed by atoms with Gasteiger partial charge >= 0.3 is 0 Å². The molecule has 0 unspecified atom stereocenters. The summed E-state index contributed by atoms with van der Waals surface area (Å²) in [7, 11) is 0. The molecular weight excluding hydrogens is 342 g/mol. The largest absolute Gasteiger partial charge is 0.389 e. The molecule has 1 N–H and O–H groups in total. The minimum absolute atomic E-state index is 0.0130. The number of aliphatic hydroxyl groups is 1.